The minimum atomic E-state index is -4.52. The average molecular weight is 601 g/mol. The predicted octanol–water partition coefficient (Wildman–Crippen LogP) is 8.28. The fourth-order valence-corrected chi connectivity index (χ4v) is 5.47. The van der Waals surface area contributed by atoms with E-state index in [9.17, 15) is 14.4 Å². The molecule has 0 aliphatic rings. The molecule has 240 valence electrons. The number of phosphoric ester groups is 1. The number of hydrogen-bond donors (Lipinski definition) is 2. The van der Waals surface area contributed by atoms with Crippen LogP contribution >= 0.6 is 7.82 Å². The van der Waals surface area contributed by atoms with E-state index >= 15 is 0 Å². The summed E-state index contributed by atoms with van der Waals surface area (Å²) in [5, 5.41) is 0. The summed E-state index contributed by atoms with van der Waals surface area (Å²) < 4.78 is 28.9. The van der Waals surface area contributed by atoms with Gasteiger partial charge in [0.2, 0.25) is 0 Å². The quantitative estimate of drug-likeness (QED) is 0.0572. The molecule has 0 heterocycles. The number of phosphoric acid groups is 1. The molecule has 0 amide bonds. The lowest BCUT2D eigenvalue weighted by Crippen LogP contribution is -2.49. The monoisotopic (exact) mass is 600 g/mol. The van der Waals surface area contributed by atoms with Crippen LogP contribution in [0, 0.1) is 5.92 Å². The normalized spacial score (nSPS) is 13.9. The zero-order valence-corrected chi connectivity index (χ0v) is 27.7. The van der Waals surface area contributed by atoms with E-state index in [1.165, 1.54) is 89.9 Å². The van der Waals surface area contributed by atoms with Gasteiger partial charge in [0, 0.05) is 18.9 Å². The number of benzene rings is 1. The summed E-state index contributed by atoms with van der Waals surface area (Å²) in [5.41, 5.74) is 1.12. The highest BCUT2D eigenvalue weighted by Gasteiger charge is 2.30. The van der Waals surface area contributed by atoms with E-state index in [4.69, 9.17) is 14.0 Å². The fraction of sp³-hybridized carbons (Fsp3) is 0.818. The first-order valence-electron chi connectivity index (χ1n) is 16.3. The molecular weight excluding hydrogens is 537 g/mol. The SMILES string of the molecule is CCCCCCCCCCCCCCCCCOCC(COCc1ccccc1)CC(COP(=O)(O)O)[N+](C)(C)C. The van der Waals surface area contributed by atoms with Gasteiger partial charge in [-0.2, -0.15) is 0 Å². The Morgan fingerprint density at radius 1 is 0.707 bits per heavy atom. The van der Waals surface area contributed by atoms with E-state index in [2.05, 4.69) is 6.92 Å². The topological polar surface area (TPSA) is 85.2 Å². The first-order chi connectivity index (χ1) is 19.6. The zero-order valence-electron chi connectivity index (χ0n) is 26.8. The van der Waals surface area contributed by atoms with Crippen LogP contribution in [0.4, 0.5) is 0 Å². The minimum Gasteiger partial charge on any atom is -0.381 e. The Labute approximate surface area is 252 Å². The molecule has 0 saturated carbocycles. The van der Waals surface area contributed by atoms with Crippen molar-refractivity contribution < 1.29 is 32.8 Å². The molecule has 1 aromatic rings. The van der Waals surface area contributed by atoms with Crippen molar-refractivity contribution in [1.82, 2.24) is 0 Å². The second-order valence-electron chi connectivity index (χ2n) is 12.7. The molecule has 1 rings (SSSR count). The molecule has 0 radical (unpaired) electrons. The van der Waals surface area contributed by atoms with Crippen molar-refractivity contribution in [2.24, 2.45) is 5.92 Å². The fourth-order valence-electron chi connectivity index (χ4n) is 5.10. The predicted molar refractivity (Wildman–Crippen MR) is 170 cm³/mol. The second-order valence-corrected chi connectivity index (χ2v) is 13.9. The van der Waals surface area contributed by atoms with Gasteiger partial charge in [0.05, 0.1) is 41.0 Å². The molecular formula is C33H63NO6P+. The third-order valence-corrected chi connectivity index (χ3v) is 8.33. The van der Waals surface area contributed by atoms with E-state index in [0.29, 0.717) is 30.7 Å². The van der Waals surface area contributed by atoms with Crippen LogP contribution in [0.5, 0.6) is 0 Å². The number of unbranched alkanes of at least 4 members (excludes halogenated alkanes) is 14. The summed E-state index contributed by atoms with van der Waals surface area (Å²) in [6.45, 7) is 4.63. The van der Waals surface area contributed by atoms with Gasteiger partial charge in [-0.25, -0.2) is 4.57 Å². The summed E-state index contributed by atoms with van der Waals surface area (Å²) in [6, 6.07) is 9.99. The van der Waals surface area contributed by atoms with E-state index in [1.54, 1.807) is 0 Å². The van der Waals surface area contributed by atoms with Gasteiger partial charge in [-0.3, -0.25) is 4.52 Å². The van der Waals surface area contributed by atoms with Crippen molar-refractivity contribution in [2.45, 2.75) is 122 Å². The number of quaternary nitrogens is 1. The van der Waals surface area contributed by atoms with Gasteiger partial charge in [-0.05, 0) is 12.0 Å². The molecule has 0 aromatic heterocycles. The Morgan fingerprint density at radius 2 is 1.20 bits per heavy atom. The van der Waals surface area contributed by atoms with Crippen LogP contribution in [0.15, 0.2) is 30.3 Å². The van der Waals surface area contributed by atoms with Crippen LogP contribution in [0.1, 0.15) is 115 Å². The van der Waals surface area contributed by atoms with E-state index < -0.39 is 7.82 Å². The van der Waals surface area contributed by atoms with Crippen molar-refractivity contribution in [2.75, 3.05) is 47.6 Å². The second kappa shape index (κ2) is 23.6. The summed E-state index contributed by atoms with van der Waals surface area (Å²) in [5.74, 6) is 0.109. The maximum atomic E-state index is 11.3. The molecule has 2 atom stereocenters. The van der Waals surface area contributed by atoms with Crippen molar-refractivity contribution in [3.63, 3.8) is 0 Å². The molecule has 7 nitrogen and oxygen atoms in total. The minimum absolute atomic E-state index is 0.0119. The third-order valence-electron chi connectivity index (χ3n) is 7.85. The van der Waals surface area contributed by atoms with E-state index in [0.717, 1.165) is 18.6 Å². The molecule has 0 aliphatic heterocycles. The van der Waals surface area contributed by atoms with Crippen LogP contribution in [-0.2, 0) is 25.2 Å². The van der Waals surface area contributed by atoms with Gasteiger partial charge < -0.3 is 23.7 Å². The summed E-state index contributed by atoms with van der Waals surface area (Å²) in [6.07, 6.45) is 20.9. The van der Waals surface area contributed by atoms with Gasteiger partial charge in [-0.15, -0.1) is 0 Å². The lowest BCUT2D eigenvalue weighted by Gasteiger charge is -2.36. The molecule has 0 bridgehead atoms. The lowest BCUT2D eigenvalue weighted by molar-refractivity contribution is -0.897. The smallest absolute Gasteiger partial charge is 0.381 e. The molecule has 0 fully saturated rings. The molecule has 2 N–H and O–H groups in total. The summed E-state index contributed by atoms with van der Waals surface area (Å²) in [7, 11) is 1.54. The first kappa shape index (κ1) is 38.2. The highest BCUT2D eigenvalue weighted by atomic mass is 31.2. The van der Waals surface area contributed by atoms with Crippen molar-refractivity contribution in [1.29, 1.82) is 0 Å². The molecule has 41 heavy (non-hydrogen) atoms. The van der Waals surface area contributed by atoms with Crippen LogP contribution < -0.4 is 0 Å². The standard InChI is InChI=1S/C33H62NO6P/c1-5-6-7-8-9-10-11-12-13-14-15-16-17-18-22-25-38-28-32(29-39-27-31-23-20-19-21-24-31)26-33(34(2,3)4)30-40-41(35,36)37/h19-21,23-24,32-33H,5-18,22,25-30H2,1-4H3,(H-,35,36,37)/p+1. The number of nitrogens with zero attached hydrogens (tertiary/aromatic N) is 1. The molecule has 2 unspecified atom stereocenters. The number of likely N-dealkylation sites (N-methyl/N-ethyl adjacent to an activating group) is 1. The third kappa shape index (κ3) is 23.4. The van der Waals surface area contributed by atoms with Crippen LogP contribution in [0.25, 0.3) is 0 Å². The van der Waals surface area contributed by atoms with Gasteiger partial charge in [0.25, 0.3) is 0 Å². The van der Waals surface area contributed by atoms with Gasteiger partial charge in [-0.1, -0.05) is 127 Å². The molecule has 0 saturated heterocycles. The lowest BCUT2D eigenvalue weighted by atomic mass is 10.00. The van der Waals surface area contributed by atoms with Crippen LogP contribution in [-0.4, -0.2) is 67.9 Å². The van der Waals surface area contributed by atoms with Crippen molar-refractivity contribution in [3.8, 4) is 0 Å². The average Bonchev–Trinajstić information content (AvgIpc) is 2.91. The Balaban J connectivity index is 2.27. The Morgan fingerprint density at radius 3 is 1.68 bits per heavy atom. The van der Waals surface area contributed by atoms with E-state index in [-0.39, 0.29) is 18.6 Å². The highest BCUT2D eigenvalue weighted by molar-refractivity contribution is 7.46. The summed E-state index contributed by atoms with van der Waals surface area (Å²) in [4.78, 5) is 18.5. The van der Waals surface area contributed by atoms with Gasteiger partial charge >= 0.3 is 7.82 Å². The van der Waals surface area contributed by atoms with Gasteiger partial charge in [0.1, 0.15) is 12.6 Å². The van der Waals surface area contributed by atoms with Crippen molar-refractivity contribution in [3.05, 3.63) is 35.9 Å². The summed E-state index contributed by atoms with van der Waals surface area (Å²) >= 11 is 0. The highest BCUT2D eigenvalue weighted by Crippen LogP contribution is 2.36. The molecule has 1 aromatic carbocycles. The largest absolute Gasteiger partial charge is 0.469 e. The van der Waals surface area contributed by atoms with Gasteiger partial charge in [0.15, 0.2) is 0 Å². The first-order valence-corrected chi connectivity index (χ1v) is 17.9. The number of hydrogen-bond acceptors (Lipinski definition) is 4. The van der Waals surface area contributed by atoms with Crippen LogP contribution in [0.3, 0.4) is 0 Å². The Bertz CT molecular complexity index is 767. The van der Waals surface area contributed by atoms with E-state index in [1.807, 2.05) is 51.5 Å². The molecule has 0 aliphatic carbocycles. The number of ether oxygens (including phenoxy) is 2. The maximum Gasteiger partial charge on any atom is 0.469 e. The number of rotatable bonds is 28. The maximum absolute atomic E-state index is 11.3. The zero-order chi connectivity index (χ0) is 30.2. The van der Waals surface area contributed by atoms with Crippen molar-refractivity contribution >= 4 is 7.82 Å². The molecule has 0 spiro atoms. The van der Waals surface area contributed by atoms with Crippen LogP contribution in [0.2, 0.25) is 0 Å². The molecule has 8 heteroatoms. The Kier molecular flexibility index (Phi) is 22.0. The Hall–Kier alpha value is -0.790.